The third kappa shape index (κ3) is 2.04. The van der Waals surface area contributed by atoms with Gasteiger partial charge in [-0.2, -0.15) is 0 Å². The van der Waals surface area contributed by atoms with Gasteiger partial charge in [0.2, 0.25) is 0 Å². The molecule has 99 valence electrons. The van der Waals surface area contributed by atoms with Crippen molar-refractivity contribution in [2.75, 3.05) is 0 Å². The first-order chi connectivity index (χ1) is 8.54. The predicted octanol–water partition coefficient (Wildman–Crippen LogP) is 4.11. The number of hydrogen-bond acceptors (Lipinski definition) is 2. The second kappa shape index (κ2) is 4.69. The minimum atomic E-state index is 0.567. The summed E-state index contributed by atoms with van der Waals surface area (Å²) in [6.45, 7) is 6.94. The fraction of sp³-hybridized carbons (Fsp3) is 0.929. The highest BCUT2D eigenvalue weighted by Gasteiger charge is 2.50. The van der Waals surface area contributed by atoms with Crippen molar-refractivity contribution in [1.82, 2.24) is 4.90 Å². The third-order valence-corrected chi connectivity index (χ3v) is 6.96. The van der Waals surface area contributed by atoms with Gasteiger partial charge >= 0.3 is 0 Å². The van der Waals surface area contributed by atoms with Crippen LogP contribution in [0.3, 0.4) is 0 Å². The lowest BCUT2D eigenvalue weighted by molar-refractivity contribution is 0.212. The Balaban J connectivity index is 1.78. The lowest BCUT2D eigenvalue weighted by atomic mass is 9.28. The van der Waals surface area contributed by atoms with E-state index in [1.54, 1.807) is 0 Å². The van der Waals surface area contributed by atoms with Gasteiger partial charge in [-0.1, -0.05) is 61.3 Å². The van der Waals surface area contributed by atoms with Crippen LogP contribution in [0.5, 0.6) is 0 Å². The molecule has 0 aromatic heterocycles. The average Bonchev–Trinajstić information content (AvgIpc) is 2.53. The predicted molar refractivity (Wildman–Crippen MR) is 85.7 cm³/mol. The molecular formula is C14H23BNS2. The van der Waals surface area contributed by atoms with E-state index in [0.717, 1.165) is 15.4 Å². The maximum atomic E-state index is 5.61. The molecule has 1 nitrogen and oxygen atoms in total. The summed E-state index contributed by atoms with van der Waals surface area (Å²) in [5, 5.41) is 1.35. The monoisotopic (exact) mass is 280 g/mol. The largest absolute Gasteiger partial charge is 0.351 e. The molecule has 18 heavy (non-hydrogen) atoms. The topological polar surface area (TPSA) is 3.24 Å². The smallest absolute Gasteiger partial charge is 0.137 e. The minimum absolute atomic E-state index is 0.567. The lowest BCUT2D eigenvalue weighted by Crippen LogP contribution is -2.47. The van der Waals surface area contributed by atoms with Crippen molar-refractivity contribution in [3.8, 4) is 0 Å². The van der Waals surface area contributed by atoms with Crippen molar-refractivity contribution in [1.29, 1.82) is 0 Å². The lowest BCUT2D eigenvalue weighted by Gasteiger charge is -2.51. The molecule has 0 spiro atoms. The SMILES string of the molecule is CCC12[B]C(CC3SC(=S)N(C(C)C)C3CC1)C2. The van der Waals surface area contributed by atoms with Crippen LogP contribution >= 0.6 is 24.0 Å². The van der Waals surface area contributed by atoms with Crippen LogP contribution in [-0.4, -0.2) is 33.8 Å². The zero-order chi connectivity index (χ0) is 12.9. The van der Waals surface area contributed by atoms with Gasteiger partial charge in [0, 0.05) is 17.3 Å². The quantitative estimate of drug-likeness (QED) is 0.553. The Morgan fingerprint density at radius 2 is 2.28 bits per heavy atom. The summed E-state index contributed by atoms with van der Waals surface area (Å²) in [6.07, 6.45) is 6.86. The van der Waals surface area contributed by atoms with Crippen LogP contribution in [-0.2, 0) is 0 Å². The fourth-order valence-electron chi connectivity index (χ4n) is 4.21. The number of rotatable bonds is 2. The molecule has 3 saturated heterocycles. The highest BCUT2D eigenvalue weighted by atomic mass is 32.2. The summed E-state index contributed by atoms with van der Waals surface area (Å²) in [7, 11) is 2.67. The molecule has 3 heterocycles. The molecule has 4 aliphatic rings. The first-order valence-corrected chi connectivity index (χ1v) is 8.68. The highest BCUT2D eigenvalue weighted by molar-refractivity contribution is 8.23. The number of thioether (sulfide) groups is 1. The van der Waals surface area contributed by atoms with E-state index < -0.39 is 0 Å². The van der Waals surface area contributed by atoms with E-state index >= 15 is 0 Å². The van der Waals surface area contributed by atoms with Crippen LogP contribution in [0.4, 0.5) is 0 Å². The zero-order valence-electron chi connectivity index (χ0n) is 11.7. The first-order valence-electron chi connectivity index (χ1n) is 7.39. The Hall–Kier alpha value is 0.305. The number of nitrogens with zero attached hydrogens (tertiary/aromatic N) is 1. The molecule has 4 heteroatoms. The van der Waals surface area contributed by atoms with E-state index in [1.165, 1.54) is 32.1 Å². The first kappa shape index (κ1) is 13.3. The summed E-state index contributed by atoms with van der Waals surface area (Å²) in [4.78, 5) is 2.53. The third-order valence-electron chi connectivity index (χ3n) is 5.24. The molecule has 4 fully saturated rings. The van der Waals surface area contributed by atoms with E-state index in [4.69, 9.17) is 12.2 Å². The molecule has 0 aromatic carbocycles. The maximum Gasteiger partial charge on any atom is 0.137 e. The average molecular weight is 280 g/mol. The molecule has 0 aromatic rings. The Morgan fingerprint density at radius 1 is 1.56 bits per heavy atom. The Kier molecular flexibility index (Phi) is 3.47. The molecule has 1 aliphatic carbocycles. The van der Waals surface area contributed by atoms with Gasteiger partial charge in [0.15, 0.2) is 0 Å². The Labute approximate surface area is 122 Å². The Bertz CT molecular complexity index is 352. The van der Waals surface area contributed by atoms with E-state index in [1.807, 2.05) is 11.8 Å². The minimum Gasteiger partial charge on any atom is -0.351 e. The summed E-state index contributed by atoms with van der Waals surface area (Å²) >= 11 is 7.59. The molecule has 1 saturated carbocycles. The van der Waals surface area contributed by atoms with E-state index in [2.05, 4.69) is 33.0 Å². The van der Waals surface area contributed by atoms with E-state index in [0.29, 0.717) is 17.4 Å². The molecule has 4 rings (SSSR count). The van der Waals surface area contributed by atoms with Crippen LogP contribution in [0, 0.1) is 0 Å². The van der Waals surface area contributed by atoms with Crippen LogP contribution in [0.1, 0.15) is 52.9 Å². The summed E-state index contributed by atoms with van der Waals surface area (Å²) < 4.78 is 1.16. The molecular weight excluding hydrogens is 257 g/mol. The molecule has 2 bridgehead atoms. The van der Waals surface area contributed by atoms with Gasteiger partial charge in [0.05, 0.1) is 0 Å². The van der Waals surface area contributed by atoms with Gasteiger partial charge < -0.3 is 4.90 Å². The van der Waals surface area contributed by atoms with Crippen molar-refractivity contribution >= 4 is 35.6 Å². The van der Waals surface area contributed by atoms with Crippen molar-refractivity contribution in [3.63, 3.8) is 0 Å². The standard InChI is InChI=1S/C14H23BNS2/c1-4-14-6-5-11-12(7-10(8-14)15-14)18-13(17)16(11)9(2)3/h9-12H,4-8H2,1-3H3. The zero-order valence-corrected chi connectivity index (χ0v) is 13.3. The fourth-order valence-corrected chi connectivity index (χ4v) is 6.42. The number of hydrogen-bond donors (Lipinski definition) is 0. The van der Waals surface area contributed by atoms with Crippen molar-refractivity contribution in [2.24, 2.45) is 0 Å². The normalized spacial score (nSPS) is 43.0. The van der Waals surface area contributed by atoms with Gasteiger partial charge in [0.25, 0.3) is 0 Å². The van der Waals surface area contributed by atoms with E-state index in [9.17, 15) is 0 Å². The molecule has 3 aliphatic heterocycles. The summed E-state index contributed by atoms with van der Waals surface area (Å²) in [5.74, 6) is 0.875. The van der Waals surface area contributed by atoms with Crippen molar-refractivity contribution < 1.29 is 0 Å². The molecule has 1 radical (unpaired) electrons. The van der Waals surface area contributed by atoms with Gasteiger partial charge in [-0.15, -0.1) is 0 Å². The summed E-state index contributed by atoms with van der Waals surface area (Å²) in [5.41, 5.74) is 0. The molecule has 4 unspecified atom stereocenters. The second-order valence-corrected chi connectivity index (χ2v) is 8.48. The molecule has 0 amide bonds. The highest BCUT2D eigenvalue weighted by Crippen LogP contribution is 2.60. The van der Waals surface area contributed by atoms with Gasteiger partial charge in [-0.05, 0) is 26.7 Å². The van der Waals surface area contributed by atoms with Crippen LogP contribution < -0.4 is 0 Å². The van der Waals surface area contributed by atoms with Gasteiger partial charge in [-0.3, -0.25) is 0 Å². The van der Waals surface area contributed by atoms with Crippen molar-refractivity contribution in [2.45, 2.75) is 81.3 Å². The molecule has 0 N–H and O–H groups in total. The van der Waals surface area contributed by atoms with Crippen molar-refractivity contribution in [3.05, 3.63) is 0 Å². The second-order valence-electron chi connectivity index (χ2n) is 6.61. The number of thiocarbonyl (C=S) groups is 1. The Morgan fingerprint density at radius 3 is 2.89 bits per heavy atom. The van der Waals surface area contributed by atoms with Crippen LogP contribution in [0.2, 0.25) is 11.1 Å². The van der Waals surface area contributed by atoms with Crippen LogP contribution in [0.25, 0.3) is 0 Å². The van der Waals surface area contributed by atoms with Crippen LogP contribution in [0.15, 0.2) is 0 Å². The summed E-state index contributed by atoms with van der Waals surface area (Å²) in [6, 6.07) is 1.28. The van der Waals surface area contributed by atoms with E-state index in [-0.39, 0.29) is 0 Å². The number of fused-ring (bicyclic) bond motifs is 1. The van der Waals surface area contributed by atoms with Gasteiger partial charge in [0.1, 0.15) is 11.6 Å². The van der Waals surface area contributed by atoms with Gasteiger partial charge in [-0.25, -0.2) is 0 Å². The molecule has 4 atom stereocenters. The maximum absolute atomic E-state index is 5.61.